The van der Waals surface area contributed by atoms with E-state index >= 15 is 0 Å². The highest BCUT2D eigenvalue weighted by atomic mass is 16.6. The van der Waals surface area contributed by atoms with E-state index in [0.29, 0.717) is 22.6 Å². The topological polar surface area (TPSA) is 103 Å². The summed E-state index contributed by atoms with van der Waals surface area (Å²) in [5, 5.41) is 14.6. The first kappa shape index (κ1) is 18.9. The Morgan fingerprint density at radius 1 is 1.23 bits per heavy atom. The molecule has 0 unspecified atom stereocenters. The number of nitro benzene ring substituents is 1. The molecular formula is C18H19N3O5. The third-order valence-corrected chi connectivity index (χ3v) is 3.25. The molecule has 0 atom stereocenters. The standard InChI is InChI=1S/C18H19N3O5/c1-12(2)26-16-8-7-14(10-17(16)25-3)18(22)20-19-11-13-5-4-6-15(9-13)21(23)24/h4-12H,1-3H3,(H,20,22)/b19-11+. The van der Waals surface area contributed by atoms with Gasteiger partial charge >= 0.3 is 0 Å². The molecule has 0 heterocycles. The van der Waals surface area contributed by atoms with Crippen LogP contribution in [-0.4, -0.2) is 30.3 Å². The number of carbonyl (C=O) groups is 1. The van der Waals surface area contributed by atoms with Crippen molar-refractivity contribution in [2.45, 2.75) is 20.0 Å². The van der Waals surface area contributed by atoms with Gasteiger partial charge in [0, 0.05) is 23.3 Å². The second kappa shape index (κ2) is 8.61. The van der Waals surface area contributed by atoms with Crippen LogP contribution in [0.15, 0.2) is 47.6 Å². The molecule has 0 radical (unpaired) electrons. The number of hydrogen-bond acceptors (Lipinski definition) is 6. The molecule has 0 saturated heterocycles. The van der Waals surface area contributed by atoms with Crippen LogP contribution in [0.5, 0.6) is 11.5 Å². The van der Waals surface area contributed by atoms with E-state index in [4.69, 9.17) is 9.47 Å². The molecule has 8 heteroatoms. The Labute approximate surface area is 150 Å². The van der Waals surface area contributed by atoms with Crippen LogP contribution >= 0.6 is 0 Å². The monoisotopic (exact) mass is 357 g/mol. The summed E-state index contributed by atoms with van der Waals surface area (Å²) >= 11 is 0. The summed E-state index contributed by atoms with van der Waals surface area (Å²) in [5.74, 6) is 0.536. The maximum atomic E-state index is 12.2. The van der Waals surface area contributed by atoms with E-state index in [9.17, 15) is 14.9 Å². The van der Waals surface area contributed by atoms with Gasteiger partial charge in [-0.15, -0.1) is 0 Å². The average molecular weight is 357 g/mol. The van der Waals surface area contributed by atoms with Crippen molar-refractivity contribution in [3.05, 3.63) is 63.7 Å². The molecule has 0 spiro atoms. The van der Waals surface area contributed by atoms with E-state index in [1.165, 1.54) is 25.5 Å². The Morgan fingerprint density at radius 2 is 2.00 bits per heavy atom. The fourth-order valence-corrected chi connectivity index (χ4v) is 2.11. The average Bonchev–Trinajstić information content (AvgIpc) is 2.61. The van der Waals surface area contributed by atoms with Crippen LogP contribution in [-0.2, 0) is 0 Å². The van der Waals surface area contributed by atoms with Gasteiger partial charge in [-0.05, 0) is 32.0 Å². The zero-order valence-corrected chi connectivity index (χ0v) is 14.6. The third kappa shape index (κ3) is 5.04. The number of hydrazone groups is 1. The molecule has 0 fully saturated rings. The molecule has 0 aliphatic heterocycles. The predicted octanol–water partition coefficient (Wildman–Crippen LogP) is 3.15. The van der Waals surface area contributed by atoms with Crippen LogP contribution in [0.25, 0.3) is 0 Å². The highest BCUT2D eigenvalue weighted by Crippen LogP contribution is 2.28. The second-order valence-corrected chi connectivity index (χ2v) is 5.58. The molecule has 0 saturated carbocycles. The smallest absolute Gasteiger partial charge is 0.271 e. The molecule has 26 heavy (non-hydrogen) atoms. The van der Waals surface area contributed by atoms with Crippen molar-refractivity contribution in [2.24, 2.45) is 5.10 Å². The fraction of sp³-hybridized carbons (Fsp3) is 0.222. The van der Waals surface area contributed by atoms with Gasteiger partial charge < -0.3 is 9.47 Å². The minimum absolute atomic E-state index is 0.0249. The van der Waals surface area contributed by atoms with Crippen molar-refractivity contribution in [1.82, 2.24) is 5.43 Å². The number of methoxy groups -OCH3 is 1. The Bertz CT molecular complexity index is 833. The molecule has 1 N–H and O–H groups in total. The lowest BCUT2D eigenvalue weighted by Crippen LogP contribution is -2.18. The number of non-ortho nitro benzene ring substituents is 1. The number of nitro groups is 1. The minimum Gasteiger partial charge on any atom is -0.493 e. The first-order valence-electron chi connectivity index (χ1n) is 7.83. The van der Waals surface area contributed by atoms with Crippen LogP contribution in [0.1, 0.15) is 29.8 Å². The third-order valence-electron chi connectivity index (χ3n) is 3.25. The lowest BCUT2D eigenvalue weighted by atomic mass is 10.2. The number of nitrogens with zero attached hydrogens (tertiary/aromatic N) is 2. The number of nitrogens with one attached hydrogen (secondary N) is 1. The van der Waals surface area contributed by atoms with E-state index < -0.39 is 10.8 Å². The predicted molar refractivity (Wildman–Crippen MR) is 96.9 cm³/mol. The zero-order chi connectivity index (χ0) is 19.1. The molecule has 0 aliphatic rings. The van der Waals surface area contributed by atoms with E-state index in [1.54, 1.807) is 30.3 Å². The summed E-state index contributed by atoms with van der Waals surface area (Å²) in [4.78, 5) is 22.4. The van der Waals surface area contributed by atoms with Crippen LogP contribution in [0.2, 0.25) is 0 Å². The maximum absolute atomic E-state index is 12.2. The van der Waals surface area contributed by atoms with Gasteiger partial charge in [0.15, 0.2) is 11.5 Å². The quantitative estimate of drug-likeness (QED) is 0.466. The number of amides is 1. The van der Waals surface area contributed by atoms with Gasteiger partial charge in [0.05, 0.1) is 24.4 Å². The van der Waals surface area contributed by atoms with Crippen molar-refractivity contribution in [2.75, 3.05) is 7.11 Å². The largest absolute Gasteiger partial charge is 0.493 e. The van der Waals surface area contributed by atoms with Crippen molar-refractivity contribution in [3.63, 3.8) is 0 Å². The van der Waals surface area contributed by atoms with Crippen LogP contribution in [0.4, 0.5) is 5.69 Å². The van der Waals surface area contributed by atoms with E-state index in [1.807, 2.05) is 13.8 Å². The van der Waals surface area contributed by atoms with Crippen molar-refractivity contribution >= 4 is 17.8 Å². The molecule has 2 aromatic rings. The van der Waals surface area contributed by atoms with E-state index in [-0.39, 0.29) is 11.8 Å². The Balaban J connectivity index is 2.08. The van der Waals surface area contributed by atoms with Crippen molar-refractivity contribution < 1.29 is 19.2 Å². The van der Waals surface area contributed by atoms with Gasteiger partial charge in [-0.1, -0.05) is 12.1 Å². The van der Waals surface area contributed by atoms with Gasteiger partial charge in [0.1, 0.15) is 0 Å². The van der Waals surface area contributed by atoms with E-state index in [0.717, 1.165) is 0 Å². The molecule has 0 bridgehead atoms. The summed E-state index contributed by atoms with van der Waals surface area (Å²) in [5.41, 5.74) is 3.16. The Hall–Kier alpha value is -3.42. The highest BCUT2D eigenvalue weighted by Gasteiger charge is 2.12. The molecule has 2 rings (SSSR count). The number of ether oxygens (including phenoxy) is 2. The molecule has 0 aliphatic carbocycles. The molecule has 1 amide bonds. The van der Waals surface area contributed by atoms with Gasteiger partial charge in [-0.2, -0.15) is 5.10 Å². The summed E-state index contributed by atoms with van der Waals surface area (Å²) in [6.07, 6.45) is 1.31. The van der Waals surface area contributed by atoms with Gasteiger partial charge in [0.2, 0.25) is 0 Å². The van der Waals surface area contributed by atoms with Gasteiger partial charge in [0.25, 0.3) is 11.6 Å². The Kier molecular flexibility index (Phi) is 6.26. The molecule has 136 valence electrons. The first-order valence-corrected chi connectivity index (χ1v) is 7.83. The Morgan fingerprint density at radius 3 is 2.65 bits per heavy atom. The van der Waals surface area contributed by atoms with Crippen molar-refractivity contribution in [3.8, 4) is 11.5 Å². The zero-order valence-electron chi connectivity index (χ0n) is 14.6. The fourth-order valence-electron chi connectivity index (χ4n) is 2.11. The maximum Gasteiger partial charge on any atom is 0.271 e. The molecular weight excluding hydrogens is 338 g/mol. The summed E-state index contributed by atoms with van der Waals surface area (Å²) < 4.78 is 10.8. The summed E-state index contributed by atoms with van der Waals surface area (Å²) in [7, 11) is 1.49. The van der Waals surface area contributed by atoms with Crippen LogP contribution in [0.3, 0.4) is 0 Å². The molecule has 0 aromatic heterocycles. The van der Waals surface area contributed by atoms with Crippen molar-refractivity contribution in [1.29, 1.82) is 0 Å². The van der Waals surface area contributed by atoms with E-state index in [2.05, 4.69) is 10.5 Å². The van der Waals surface area contributed by atoms with Gasteiger partial charge in [-0.25, -0.2) is 5.43 Å². The molecule has 8 nitrogen and oxygen atoms in total. The number of carbonyl (C=O) groups excluding carboxylic acids is 1. The molecule has 2 aromatic carbocycles. The lowest BCUT2D eigenvalue weighted by Gasteiger charge is -2.14. The van der Waals surface area contributed by atoms with Crippen LogP contribution < -0.4 is 14.9 Å². The highest BCUT2D eigenvalue weighted by molar-refractivity contribution is 5.95. The first-order chi connectivity index (χ1) is 12.4. The number of hydrogen-bond donors (Lipinski definition) is 1. The lowest BCUT2D eigenvalue weighted by molar-refractivity contribution is -0.384. The summed E-state index contributed by atoms with van der Waals surface area (Å²) in [6.45, 7) is 3.78. The normalized spacial score (nSPS) is 10.8. The number of benzene rings is 2. The minimum atomic E-state index is -0.497. The SMILES string of the molecule is COc1cc(C(=O)N/N=C/c2cccc([N+](=O)[O-])c2)ccc1OC(C)C. The summed E-state index contributed by atoms with van der Waals surface area (Å²) in [6, 6.07) is 10.7. The number of rotatable bonds is 7. The van der Waals surface area contributed by atoms with Gasteiger partial charge in [-0.3, -0.25) is 14.9 Å². The second-order valence-electron chi connectivity index (χ2n) is 5.58. The van der Waals surface area contributed by atoms with Crippen LogP contribution in [0, 0.1) is 10.1 Å².